The van der Waals surface area contributed by atoms with Crippen LogP contribution in [0, 0.1) is 11.3 Å². The second-order valence-corrected chi connectivity index (χ2v) is 11.7. The van der Waals surface area contributed by atoms with Crippen LogP contribution in [0.5, 0.6) is 5.75 Å². The molecule has 7 nitrogen and oxygen atoms in total. The van der Waals surface area contributed by atoms with Crippen LogP contribution in [-0.2, 0) is 16.1 Å². The Hall–Kier alpha value is -3.87. The number of rotatable bonds is 13. The van der Waals surface area contributed by atoms with E-state index in [-0.39, 0.29) is 18.3 Å². The molecule has 0 amide bonds. The van der Waals surface area contributed by atoms with Gasteiger partial charge in [-0.1, -0.05) is 82.6 Å². The van der Waals surface area contributed by atoms with E-state index in [9.17, 15) is 14.7 Å². The molecule has 0 aliphatic rings. The summed E-state index contributed by atoms with van der Waals surface area (Å²) >= 11 is 0. The number of anilines is 1. The van der Waals surface area contributed by atoms with Gasteiger partial charge in [-0.05, 0) is 60.6 Å². The lowest BCUT2D eigenvalue weighted by molar-refractivity contribution is -0.146. The van der Waals surface area contributed by atoms with Gasteiger partial charge in [0.1, 0.15) is 11.6 Å². The van der Waals surface area contributed by atoms with Gasteiger partial charge in [0, 0.05) is 18.5 Å². The monoisotopic (exact) mass is 560 g/mol. The number of hydrogen-bond acceptors (Lipinski definition) is 6. The third kappa shape index (κ3) is 8.09. The number of pyridine rings is 1. The molecule has 3 aromatic rings. The fraction of sp³-hybridized carbons (Fsp3) is 0.441. The largest absolute Gasteiger partial charge is 0.497 e. The van der Waals surface area contributed by atoms with Gasteiger partial charge >= 0.3 is 11.9 Å². The van der Waals surface area contributed by atoms with Crippen LogP contribution in [0.25, 0.3) is 0 Å². The van der Waals surface area contributed by atoms with Crippen LogP contribution in [0.15, 0.2) is 66.7 Å². The Kier molecular flexibility index (Phi) is 10.9. The molecular weight excluding hydrogens is 516 g/mol. The van der Waals surface area contributed by atoms with Crippen molar-refractivity contribution in [1.29, 1.82) is 0 Å². The fourth-order valence-electron chi connectivity index (χ4n) is 5.10. The molecule has 2 aromatic carbocycles. The molecular formula is C34H44N2O5. The average Bonchev–Trinajstić information content (AvgIpc) is 2.94. The van der Waals surface area contributed by atoms with Crippen LogP contribution < -0.4 is 9.64 Å². The van der Waals surface area contributed by atoms with Crippen molar-refractivity contribution in [3.05, 3.63) is 89.1 Å². The lowest BCUT2D eigenvalue weighted by Gasteiger charge is -2.36. The van der Waals surface area contributed by atoms with Crippen molar-refractivity contribution in [1.82, 2.24) is 4.98 Å². The highest BCUT2D eigenvalue weighted by atomic mass is 16.5. The molecule has 3 rings (SSSR count). The smallest absolute Gasteiger partial charge is 0.357 e. The predicted molar refractivity (Wildman–Crippen MR) is 163 cm³/mol. The predicted octanol–water partition coefficient (Wildman–Crippen LogP) is 7.34. The van der Waals surface area contributed by atoms with Crippen molar-refractivity contribution in [3.8, 4) is 5.75 Å². The molecule has 0 saturated heterocycles. The zero-order valence-corrected chi connectivity index (χ0v) is 25.4. The number of carboxylic acids is 1. The summed E-state index contributed by atoms with van der Waals surface area (Å²) in [4.78, 5) is 33.5. The molecule has 7 heteroatoms. The van der Waals surface area contributed by atoms with Crippen LogP contribution in [0.4, 0.5) is 5.82 Å². The number of benzene rings is 2. The molecule has 0 aliphatic heterocycles. The normalized spacial score (nSPS) is 13.0. The number of carboxylic acid groups (broad SMARTS) is 1. The fourth-order valence-corrected chi connectivity index (χ4v) is 5.10. The van der Waals surface area contributed by atoms with Crippen molar-refractivity contribution in [2.45, 2.75) is 72.9 Å². The molecule has 41 heavy (non-hydrogen) atoms. The van der Waals surface area contributed by atoms with Crippen molar-refractivity contribution in [2.75, 3.05) is 18.6 Å². The highest BCUT2D eigenvalue weighted by molar-refractivity contribution is 5.90. The Bertz CT molecular complexity index is 1280. The molecule has 0 saturated carbocycles. The van der Waals surface area contributed by atoms with Gasteiger partial charge in [-0.3, -0.25) is 4.79 Å². The van der Waals surface area contributed by atoms with E-state index in [4.69, 9.17) is 14.5 Å². The van der Waals surface area contributed by atoms with Gasteiger partial charge in [0.05, 0.1) is 19.6 Å². The Balaban J connectivity index is 2.23. The number of carbonyl (C=O) groups excluding carboxylic acids is 1. The average molecular weight is 561 g/mol. The summed E-state index contributed by atoms with van der Waals surface area (Å²) < 4.78 is 11.0. The number of nitrogens with zero attached hydrogens (tertiary/aromatic N) is 2. The van der Waals surface area contributed by atoms with Crippen LogP contribution in [-0.4, -0.2) is 41.8 Å². The van der Waals surface area contributed by atoms with E-state index in [0.29, 0.717) is 23.7 Å². The van der Waals surface area contributed by atoms with E-state index in [0.717, 1.165) is 24.0 Å². The maximum Gasteiger partial charge on any atom is 0.357 e. The first-order valence-electron chi connectivity index (χ1n) is 14.3. The van der Waals surface area contributed by atoms with Gasteiger partial charge < -0.3 is 19.5 Å². The van der Waals surface area contributed by atoms with Crippen molar-refractivity contribution in [3.63, 3.8) is 0 Å². The number of ether oxygens (including phenoxy) is 2. The van der Waals surface area contributed by atoms with Gasteiger partial charge in [-0.2, -0.15) is 0 Å². The first-order chi connectivity index (χ1) is 19.5. The van der Waals surface area contributed by atoms with Gasteiger partial charge in [0.25, 0.3) is 0 Å². The Morgan fingerprint density at radius 3 is 2.17 bits per heavy atom. The van der Waals surface area contributed by atoms with Crippen LogP contribution >= 0.6 is 0 Å². The third-order valence-electron chi connectivity index (χ3n) is 7.29. The Morgan fingerprint density at radius 2 is 1.63 bits per heavy atom. The first kappa shape index (κ1) is 31.7. The minimum absolute atomic E-state index is 0.0937. The Labute approximate surface area is 244 Å². The van der Waals surface area contributed by atoms with Crippen LogP contribution in [0.3, 0.4) is 0 Å². The van der Waals surface area contributed by atoms with E-state index in [1.807, 2.05) is 82.3 Å². The first-order valence-corrected chi connectivity index (χ1v) is 14.3. The van der Waals surface area contributed by atoms with E-state index < -0.39 is 29.2 Å². The summed E-state index contributed by atoms with van der Waals surface area (Å²) in [5.41, 5.74) is 1.93. The standard InChI is InChI=1S/C34H44N2O5/c1-8-9-21-41-33(39)31-27(19-20-28(35-31)36(23(2)3)22-24-13-11-10-12-14-24)29(30(32(37)38)34(4,5)6)25-15-17-26(40-7)18-16-25/h10-20,23,29-30H,8-9,21-22H2,1-7H3,(H,37,38)/t29?,30-/m1/s1. The molecule has 1 heterocycles. The van der Waals surface area contributed by atoms with Crippen LogP contribution in [0.2, 0.25) is 0 Å². The highest BCUT2D eigenvalue weighted by Gasteiger charge is 2.42. The number of hydrogen-bond donors (Lipinski definition) is 1. The number of carbonyl (C=O) groups is 2. The number of methoxy groups -OCH3 is 1. The summed E-state index contributed by atoms with van der Waals surface area (Å²) in [5.74, 6) is -1.70. The second-order valence-electron chi connectivity index (χ2n) is 11.7. The number of aliphatic carboxylic acids is 1. The molecule has 0 radical (unpaired) electrons. The molecule has 0 fully saturated rings. The zero-order chi connectivity index (χ0) is 30.2. The van der Waals surface area contributed by atoms with Crippen molar-refractivity contribution >= 4 is 17.8 Å². The van der Waals surface area contributed by atoms with Crippen molar-refractivity contribution in [2.24, 2.45) is 11.3 Å². The summed E-state index contributed by atoms with van der Waals surface area (Å²) in [5, 5.41) is 10.5. The van der Waals surface area contributed by atoms with Crippen LogP contribution in [0.1, 0.15) is 87.5 Å². The minimum Gasteiger partial charge on any atom is -0.497 e. The topological polar surface area (TPSA) is 89.0 Å². The SMILES string of the molecule is CCCCOC(=O)c1nc(N(Cc2ccccc2)C(C)C)ccc1C(c1ccc(OC)cc1)[C@H](C(=O)O)C(C)(C)C. The minimum atomic E-state index is -0.944. The van der Waals surface area contributed by atoms with Crippen molar-refractivity contribution < 1.29 is 24.2 Å². The Morgan fingerprint density at radius 1 is 0.976 bits per heavy atom. The zero-order valence-electron chi connectivity index (χ0n) is 25.4. The lowest BCUT2D eigenvalue weighted by atomic mass is 9.68. The number of esters is 1. The summed E-state index contributed by atoms with van der Waals surface area (Å²) in [6.07, 6.45) is 1.61. The molecule has 1 aromatic heterocycles. The molecule has 0 spiro atoms. The number of unbranched alkanes of at least 4 members (excludes halogenated alkanes) is 1. The van der Waals surface area contributed by atoms with E-state index in [1.54, 1.807) is 7.11 Å². The van der Waals surface area contributed by atoms with Gasteiger partial charge in [-0.25, -0.2) is 9.78 Å². The van der Waals surface area contributed by atoms with E-state index in [1.165, 1.54) is 0 Å². The molecule has 1 unspecified atom stereocenters. The summed E-state index contributed by atoms with van der Waals surface area (Å²) in [6, 6.07) is 21.3. The molecule has 2 atom stereocenters. The highest BCUT2D eigenvalue weighted by Crippen LogP contribution is 2.44. The number of aromatic nitrogens is 1. The molecule has 0 bridgehead atoms. The second kappa shape index (κ2) is 14.2. The van der Waals surface area contributed by atoms with Gasteiger partial charge in [0.2, 0.25) is 0 Å². The summed E-state index contributed by atoms with van der Waals surface area (Å²) in [6.45, 7) is 12.8. The van der Waals surface area contributed by atoms with Gasteiger partial charge in [-0.15, -0.1) is 0 Å². The van der Waals surface area contributed by atoms with Gasteiger partial charge in [0.15, 0.2) is 5.69 Å². The molecule has 1 N–H and O–H groups in total. The lowest BCUT2D eigenvalue weighted by Crippen LogP contribution is -2.36. The summed E-state index contributed by atoms with van der Waals surface area (Å²) in [7, 11) is 1.59. The maximum atomic E-state index is 13.7. The van der Waals surface area contributed by atoms with E-state index >= 15 is 0 Å². The molecule has 220 valence electrons. The molecule has 0 aliphatic carbocycles. The maximum absolute atomic E-state index is 13.7. The van der Waals surface area contributed by atoms with E-state index in [2.05, 4.69) is 30.9 Å². The quantitative estimate of drug-likeness (QED) is 0.173. The third-order valence-corrected chi connectivity index (χ3v) is 7.29.